The highest BCUT2D eigenvalue weighted by Crippen LogP contribution is 2.17. The van der Waals surface area contributed by atoms with Crippen LogP contribution in [0.15, 0.2) is 36.5 Å². The van der Waals surface area contributed by atoms with Gasteiger partial charge in [-0.05, 0) is 51.4 Å². The van der Waals surface area contributed by atoms with Gasteiger partial charge in [-0.3, -0.25) is 14.4 Å². The van der Waals surface area contributed by atoms with Crippen LogP contribution >= 0.6 is 0 Å². The summed E-state index contributed by atoms with van der Waals surface area (Å²) in [6.45, 7) is 6.63. The predicted octanol–water partition coefficient (Wildman–Crippen LogP) is 20.0. The zero-order chi connectivity index (χ0) is 49.3. The number of carbonyl (C=O) groups excluding carboxylic acids is 3. The molecule has 0 fully saturated rings. The van der Waals surface area contributed by atoms with Gasteiger partial charge in [0.1, 0.15) is 13.2 Å². The Morgan fingerprint density at radius 3 is 0.882 bits per heavy atom. The van der Waals surface area contributed by atoms with Crippen LogP contribution < -0.4 is 0 Å². The minimum absolute atomic E-state index is 0.0827. The zero-order valence-electron chi connectivity index (χ0n) is 45.6. The molecule has 0 aromatic rings. The Morgan fingerprint density at radius 1 is 0.294 bits per heavy atom. The molecule has 0 heterocycles. The fraction of sp³-hybridized carbons (Fsp3) is 0.855. The van der Waals surface area contributed by atoms with Crippen molar-refractivity contribution >= 4 is 17.9 Å². The molecule has 0 aromatic heterocycles. The van der Waals surface area contributed by atoms with Crippen LogP contribution in [0.5, 0.6) is 0 Å². The molecular weight excluding hydrogens is 841 g/mol. The standard InChI is InChI=1S/C62H114O6/c1-4-7-10-13-16-19-22-25-27-29-30-31-32-34-36-38-41-44-47-50-53-56-62(65)68-59(57-66-60(63)54-51-48-45-42-39-24-21-18-15-12-9-6-3)58-67-61(64)55-52-49-46-43-40-37-35-33-28-26-23-20-17-14-11-8-5-2/h26,28,35,37,43,46,59H,4-25,27,29-34,36,38-42,44-45,47-58H2,1-3H3/b28-26-,37-35-,46-43-/t59-/m0/s1. The summed E-state index contributed by atoms with van der Waals surface area (Å²) in [7, 11) is 0. The summed E-state index contributed by atoms with van der Waals surface area (Å²) in [5, 5.41) is 0. The van der Waals surface area contributed by atoms with E-state index in [-0.39, 0.29) is 31.1 Å². The Kier molecular flexibility index (Phi) is 55.2. The third-order valence-electron chi connectivity index (χ3n) is 13.4. The van der Waals surface area contributed by atoms with Crippen molar-refractivity contribution in [2.45, 2.75) is 329 Å². The number of hydrogen-bond donors (Lipinski definition) is 0. The van der Waals surface area contributed by atoms with Gasteiger partial charge in [0.25, 0.3) is 0 Å². The maximum Gasteiger partial charge on any atom is 0.306 e. The number of allylic oxidation sites excluding steroid dienone is 6. The van der Waals surface area contributed by atoms with Gasteiger partial charge in [0, 0.05) is 19.3 Å². The number of ether oxygens (including phenoxy) is 3. The van der Waals surface area contributed by atoms with E-state index in [0.717, 1.165) is 57.8 Å². The molecule has 0 rings (SSSR count). The Hall–Kier alpha value is -2.37. The van der Waals surface area contributed by atoms with E-state index in [0.29, 0.717) is 25.7 Å². The summed E-state index contributed by atoms with van der Waals surface area (Å²) in [4.78, 5) is 38.1. The van der Waals surface area contributed by atoms with E-state index in [1.54, 1.807) is 0 Å². The monoisotopic (exact) mass is 955 g/mol. The molecule has 0 aliphatic carbocycles. The molecule has 6 nitrogen and oxygen atoms in total. The van der Waals surface area contributed by atoms with Crippen molar-refractivity contribution in [3.63, 3.8) is 0 Å². The van der Waals surface area contributed by atoms with Gasteiger partial charge < -0.3 is 14.2 Å². The van der Waals surface area contributed by atoms with Crippen molar-refractivity contribution in [2.75, 3.05) is 13.2 Å². The van der Waals surface area contributed by atoms with Crippen LogP contribution in [-0.2, 0) is 28.6 Å². The SMILES string of the molecule is CCCCCCCC/C=C\C/C=C\C/C=C\CCCC(=O)OC[C@H](COC(=O)CCCCCCCCCCCCCC)OC(=O)CCCCCCCCCCCCCCCCCCCCCCC. The van der Waals surface area contributed by atoms with Crippen molar-refractivity contribution < 1.29 is 28.6 Å². The zero-order valence-corrected chi connectivity index (χ0v) is 45.6. The average Bonchev–Trinajstić information content (AvgIpc) is 3.34. The van der Waals surface area contributed by atoms with Gasteiger partial charge in [-0.1, -0.05) is 288 Å². The van der Waals surface area contributed by atoms with E-state index < -0.39 is 6.10 Å². The largest absolute Gasteiger partial charge is 0.462 e. The fourth-order valence-corrected chi connectivity index (χ4v) is 8.87. The molecule has 68 heavy (non-hydrogen) atoms. The molecule has 1 atom stereocenters. The number of hydrogen-bond acceptors (Lipinski definition) is 6. The molecule has 0 saturated carbocycles. The van der Waals surface area contributed by atoms with E-state index in [4.69, 9.17) is 14.2 Å². The quantitative estimate of drug-likeness (QED) is 0.0262. The number of unbranched alkanes of at least 4 members (excludes halogenated alkanes) is 38. The summed E-state index contributed by atoms with van der Waals surface area (Å²) < 4.78 is 16.8. The summed E-state index contributed by atoms with van der Waals surface area (Å²) in [5.74, 6) is -0.918. The maximum absolute atomic E-state index is 12.9. The predicted molar refractivity (Wildman–Crippen MR) is 293 cm³/mol. The molecule has 0 aliphatic heterocycles. The van der Waals surface area contributed by atoms with E-state index in [2.05, 4.69) is 57.2 Å². The molecule has 0 bridgehead atoms. The summed E-state index contributed by atoms with van der Waals surface area (Å²) >= 11 is 0. The van der Waals surface area contributed by atoms with Crippen LogP contribution in [0.1, 0.15) is 323 Å². The molecule has 0 radical (unpaired) electrons. The molecular formula is C62H114O6. The first-order valence-corrected chi connectivity index (χ1v) is 30.0. The number of rotatable bonds is 55. The third-order valence-corrected chi connectivity index (χ3v) is 13.4. The lowest BCUT2D eigenvalue weighted by Gasteiger charge is -2.18. The highest BCUT2D eigenvalue weighted by molar-refractivity contribution is 5.71. The van der Waals surface area contributed by atoms with Crippen LogP contribution in [0.4, 0.5) is 0 Å². The van der Waals surface area contributed by atoms with Gasteiger partial charge in [0.15, 0.2) is 6.10 Å². The molecule has 398 valence electrons. The number of esters is 3. The molecule has 6 heteroatoms. The van der Waals surface area contributed by atoms with Crippen molar-refractivity contribution in [3.05, 3.63) is 36.5 Å². The first-order valence-electron chi connectivity index (χ1n) is 30.0. The lowest BCUT2D eigenvalue weighted by atomic mass is 10.0. The van der Waals surface area contributed by atoms with Crippen LogP contribution in [-0.4, -0.2) is 37.2 Å². The topological polar surface area (TPSA) is 78.9 Å². The summed E-state index contributed by atoms with van der Waals surface area (Å²) in [6.07, 6.45) is 68.7. The Bertz CT molecular complexity index is 1140. The Balaban J connectivity index is 4.34. The third kappa shape index (κ3) is 54.6. The van der Waals surface area contributed by atoms with Gasteiger partial charge >= 0.3 is 17.9 Å². The second-order valence-corrected chi connectivity index (χ2v) is 20.3. The van der Waals surface area contributed by atoms with Crippen molar-refractivity contribution in [1.29, 1.82) is 0 Å². The average molecular weight is 956 g/mol. The van der Waals surface area contributed by atoms with Crippen molar-refractivity contribution in [1.82, 2.24) is 0 Å². The second kappa shape index (κ2) is 57.2. The van der Waals surface area contributed by atoms with Crippen LogP contribution in [0, 0.1) is 0 Å². The molecule has 0 amide bonds. The molecule has 0 aromatic carbocycles. The fourth-order valence-electron chi connectivity index (χ4n) is 8.87. The lowest BCUT2D eigenvalue weighted by molar-refractivity contribution is -0.167. The van der Waals surface area contributed by atoms with Crippen molar-refractivity contribution in [2.24, 2.45) is 0 Å². The normalized spacial score (nSPS) is 12.2. The van der Waals surface area contributed by atoms with Gasteiger partial charge in [-0.15, -0.1) is 0 Å². The summed E-state index contributed by atoms with van der Waals surface area (Å²) in [5.41, 5.74) is 0. The highest BCUT2D eigenvalue weighted by atomic mass is 16.6. The van der Waals surface area contributed by atoms with Gasteiger partial charge in [0.05, 0.1) is 0 Å². The van der Waals surface area contributed by atoms with Crippen molar-refractivity contribution in [3.8, 4) is 0 Å². The molecule has 0 N–H and O–H groups in total. The summed E-state index contributed by atoms with van der Waals surface area (Å²) in [6, 6.07) is 0. The highest BCUT2D eigenvalue weighted by Gasteiger charge is 2.19. The van der Waals surface area contributed by atoms with Crippen LogP contribution in [0.3, 0.4) is 0 Å². The minimum atomic E-state index is -0.788. The number of carbonyl (C=O) groups is 3. The Labute approximate surface area is 423 Å². The molecule has 0 saturated heterocycles. The van der Waals surface area contributed by atoms with Gasteiger partial charge in [-0.25, -0.2) is 0 Å². The minimum Gasteiger partial charge on any atom is -0.462 e. The first kappa shape index (κ1) is 65.6. The van der Waals surface area contributed by atoms with E-state index in [1.165, 1.54) is 218 Å². The first-order chi connectivity index (χ1) is 33.5. The van der Waals surface area contributed by atoms with Crippen LogP contribution in [0.2, 0.25) is 0 Å². The van der Waals surface area contributed by atoms with E-state index in [9.17, 15) is 14.4 Å². The van der Waals surface area contributed by atoms with Gasteiger partial charge in [0.2, 0.25) is 0 Å². The lowest BCUT2D eigenvalue weighted by Crippen LogP contribution is -2.30. The van der Waals surface area contributed by atoms with E-state index >= 15 is 0 Å². The molecule has 0 aliphatic rings. The van der Waals surface area contributed by atoms with E-state index in [1.807, 2.05) is 0 Å². The molecule has 0 unspecified atom stereocenters. The second-order valence-electron chi connectivity index (χ2n) is 20.3. The van der Waals surface area contributed by atoms with Crippen LogP contribution in [0.25, 0.3) is 0 Å². The maximum atomic E-state index is 12.9. The Morgan fingerprint density at radius 2 is 0.544 bits per heavy atom. The smallest absolute Gasteiger partial charge is 0.306 e. The van der Waals surface area contributed by atoms with Gasteiger partial charge in [-0.2, -0.15) is 0 Å². The molecule has 0 spiro atoms.